The molecule has 0 radical (unpaired) electrons. The lowest BCUT2D eigenvalue weighted by atomic mass is 10.0. The van der Waals surface area contributed by atoms with E-state index in [0.717, 1.165) is 62.6 Å². The van der Waals surface area contributed by atoms with E-state index in [0.29, 0.717) is 11.4 Å². The van der Waals surface area contributed by atoms with Crippen molar-refractivity contribution in [3.8, 4) is 0 Å². The van der Waals surface area contributed by atoms with Crippen LogP contribution in [-0.2, 0) is 6.42 Å². The molecule has 0 saturated carbocycles. The lowest BCUT2D eigenvalue weighted by Crippen LogP contribution is -2.46. The predicted octanol–water partition coefficient (Wildman–Crippen LogP) is 5.49. The molecule has 0 spiro atoms. The minimum Gasteiger partial charge on any atom is -0.478 e. The predicted molar refractivity (Wildman–Crippen MR) is 172 cm³/mol. The molecule has 9 nitrogen and oxygen atoms in total. The Hall–Kier alpha value is -4.21. The average molecular weight is 573 g/mol. The van der Waals surface area contributed by atoms with E-state index in [1.54, 1.807) is 12.3 Å². The number of aromatic nitrogens is 2. The summed E-state index contributed by atoms with van der Waals surface area (Å²) in [6.45, 7) is 18.0. The van der Waals surface area contributed by atoms with Crippen molar-refractivity contribution in [1.29, 1.82) is 0 Å². The van der Waals surface area contributed by atoms with E-state index in [4.69, 9.17) is 0 Å². The lowest BCUT2D eigenvalue weighted by Gasteiger charge is -2.34. The number of nitrogens with zero attached hydrogens (tertiary/aromatic N) is 3. The number of likely N-dealkylation sites (N-methyl/N-ethyl adjacent to an activating group) is 1. The Bertz CT molecular complexity index is 1390. The number of aromatic amines is 1. The number of rotatable bonds is 11. The van der Waals surface area contributed by atoms with Gasteiger partial charge >= 0.3 is 5.97 Å². The number of carboxylic acid groups (broad SMARTS) is 1. The lowest BCUT2D eigenvalue weighted by molar-refractivity contribution is 0.0696. The molecular formula is C33H44N6O3. The molecule has 0 aliphatic carbocycles. The van der Waals surface area contributed by atoms with Crippen LogP contribution < -0.4 is 16.2 Å². The summed E-state index contributed by atoms with van der Waals surface area (Å²) in [6, 6.07) is 13.0. The molecule has 4 N–H and O–H groups in total. The van der Waals surface area contributed by atoms with Gasteiger partial charge in [-0.1, -0.05) is 25.1 Å². The first kappa shape index (κ1) is 32.3. The second-order valence-corrected chi connectivity index (χ2v) is 10.4. The van der Waals surface area contributed by atoms with Gasteiger partial charge in [0.1, 0.15) is 5.82 Å². The Labute approximate surface area is 249 Å². The number of pyridine rings is 2. The zero-order valence-electron chi connectivity index (χ0n) is 25.2. The number of allylic oxidation sites excluding steroid dienone is 2. The summed E-state index contributed by atoms with van der Waals surface area (Å²) < 4.78 is 0. The highest BCUT2D eigenvalue weighted by atomic mass is 16.4. The quantitative estimate of drug-likeness (QED) is 0.223. The number of anilines is 2. The maximum absolute atomic E-state index is 12.8. The van der Waals surface area contributed by atoms with Gasteiger partial charge in [-0.2, -0.15) is 0 Å². The van der Waals surface area contributed by atoms with Crippen LogP contribution >= 0.6 is 0 Å². The third-order valence-electron chi connectivity index (χ3n) is 7.14. The molecule has 0 bridgehead atoms. The Morgan fingerprint density at radius 1 is 1.14 bits per heavy atom. The minimum absolute atomic E-state index is 0.149. The van der Waals surface area contributed by atoms with Crippen LogP contribution in [0.4, 0.5) is 11.5 Å². The minimum atomic E-state index is -1.02. The van der Waals surface area contributed by atoms with Crippen LogP contribution in [-0.4, -0.2) is 70.1 Å². The van der Waals surface area contributed by atoms with Gasteiger partial charge in [0, 0.05) is 62.1 Å². The second kappa shape index (κ2) is 16.3. The fourth-order valence-electron chi connectivity index (χ4n) is 4.89. The van der Waals surface area contributed by atoms with Crippen LogP contribution in [0.1, 0.15) is 60.8 Å². The van der Waals surface area contributed by atoms with E-state index in [-0.39, 0.29) is 17.2 Å². The van der Waals surface area contributed by atoms with Gasteiger partial charge in [0.05, 0.1) is 11.6 Å². The van der Waals surface area contributed by atoms with Gasteiger partial charge < -0.3 is 30.5 Å². The number of hydrogen-bond donors (Lipinski definition) is 4. The van der Waals surface area contributed by atoms with Gasteiger partial charge in [0.25, 0.3) is 5.56 Å². The number of H-pyrrole nitrogens is 1. The first-order valence-corrected chi connectivity index (χ1v) is 14.5. The molecule has 1 unspecified atom stereocenters. The Morgan fingerprint density at radius 2 is 1.81 bits per heavy atom. The standard InChI is InChI=1S/C30H38N6O3.C3H6/c1-4-35-15-17-36(18-16-35)14-11-23-5-7-26(8-6-23)34-22(3)28-24(9-13-32-29(28)37)19-21(2)33-27-20-25(30(38)39)10-12-31-27;1-3-2/h5-10,12-13,19-20,22,34H,4,11,14-18H2,1-3H3,(H,31,33)(H,32,37)(H,38,39);3H,1H2,2H3/b21-19+;. The van der Waals surface area contributed by atoms with Crippen LogP contribution in [0.25, 0.3) is 6.08 Å². The van der Waals surface area contributed by atoms with Crippen molar-refractivity contribution in [2.75, 3.05) is 49.9 Å². The molecule has 42 heavy (non-hydrogen) atoms. The molecule has 0 amide bonds. The topological polar surface area (TPSA) is 114 Å². The van der Waals surface area contributed by atoms with Crippen LogP contribution in [0, 0.1) is 0 Å². The van der Waals surface area contributed by atoms with E-state index >= 15 is 0 Å². The normalized spacial score (nSPS) is 14.8. The summed E-state index contributed by atoms with van der Waals surface area (Å²) in [6.07, 6.45) is 7.70. The van der Waals surface area contributed by atoms with Gasteiger partial charge in [-0.15, -0.1) is 6.58 Å². The van der Waals surface area contributed by atoms with Crippen LogP contribution in [0.15, 0.2) is 78.0 Å². The molecule has 1 aromatic carbocycles. The van der Waals surface area contributed by atoms with Gasteiger partial charge in [-0.3, -0.25) is 4.79 Å². The number of aromatic carboxylic acids is 1. The van der Waals surface area contributed by atoms with E-state index in [9.17, 15) is 14.7 Å². The van der Waals surface area contributed by atoms with E-state index in [2.05, 4.69) is 68.2 Å². The summed E-state index contributed by atoms with van der Waals surface area (Å²) in [5.41, 5.74) is 4.34. The highest BCUT2D eigenvalue weighted by Gasteiger charge is 2.16. The van der Waals surface area contributed by atoms with Crippen LogP contribution in [0.5, 0.6) is 0 Å². The number of nitrogens with one attached hydrogen (secondary N) is 3. The summed E-state index contributed by atoms with van der Waals surface area (Å²) in [5, 5.41) is 15.8. The molecule has 2 aromatic heterocycles. The molecule has 3 aromatic rings. The van der Waals surface area contributed by atoms with Crippen molar-refractivity contribution in [2.24, 2.45) is 0 Å². The third kappa shape index (κ3) is 9.71. The molecule has 224 valence electrons. The molecule has 1 aliphatic heterocycles. The zero-order chi connectivity index (χ0) is 30.5. The summed E-state index contributed by atoms with van der Waals surface area (Å²) in [5.74, 6) is -0.595. The SMILES string of the molecule is C=CC.CCN1CCN(CCc2ccc(NC(C)c3c(/C=C(\C)Nc4cc(C(=O)O)ccn4)cc[nH]c3=O)cc2)CC1. The smallest absolute Gasteiger partial charge is 0.335 e. The number of carbonyl (C=O) groups is 1. The van der Waals surface area contributed by atoms with Crippen LogP contribution in [0.3, 0.4) is 0 Å². The average Bonchev–Trinajstić information content (AvgIpc) is 2.97. The summed E-state index contributed by atoms with van der Waals surface area (Å²) in [7, 11) is 0. The van der Waals surface area contributed by atoms with Gasteiger partial charge in [-0.25, -0.2) is 9.78 Å². The van der Waals surface area contributed by atoms with Crippen molar-refractivity contribution in [3.63, 3.8) is 0 Å². The monoisotopic (exact) mass is 572 g/mol. The summed E-state index contributed by atoms with van der Waals surface area (Å²) >= 11 is 0. The fraction of sp³-hybridized carbons (Fsp3) is 0.364. The number of piperazine rings is 1. The molecule has 1 aliphatic rings. The Kier molecular flexibility index (Phi) is 12.5. The van der Waals surface area contributed by atoms with E-state index < -0.39 is 5.97 Å². The van der Waals surface area contributed by atoms with Gasteiger partial charge in [0.2, 0.25) is 0 Å². The van der Waals surface area contributed by atoms with Gasteiger partial charge in [0.15, 0.2) is 0 Å². The third-order valence-corrected chi connectivity index (χ3v) is 7.14. The van der Waals surface area contributed by atoms with E-state index in [1.165, 1.54) is 23.9 Å². The molecule has 9 heteroatoms. The number of carboxylic acids is 1. The number of benzene rings is 1. The molecular weight excluding hydrogens is 528 g/mol. The van der Waals surface area contributed by atoms with Crippen molar-refractivity contribution in [1.82, 2.24) is 19.8 Å². The first-order chi connectivity index (χ1) is 20.2. The molecule has 3 heterocycles. The highest BCUT2D eigenvalue weighted by molar-refractivity contribution is 5.88. The first-order valence-electron chi connectivity index (χ1n) is 14.5. The number of hydrogen-bond acceptors (Lipinski definition) is 7. The van der Waals surface area contributed by atoms with Gasteiger partial charge in [-0.05, 0) is 81.3 Å². The maximum atomic E-state index is 12.8. The largest absolute Gasteiger partial charge is 0.478 e. The second-order valence-electron chi connectivity index (χ2n) is 10.4. The molecule has 1 saturated heterocycles. The van der Waals surface area contributed by atoms with E-state index in [1.807, 2.05) is 32.9 Å². The molecule has 1 fully saturated rings. The highest BCUT2D eigenvalue weighted by Crippen LogP contribution is 2.22. The Balaban J connectivity index is 0.00000155. The fourth-order valence-corrected chi connectivity index (χ4v) is 4.89. The zero-order valence-corrected chi connectivity index (χ0v) is 25.2. The van der Waals surface area contributed by atoms with Crippen molar-refractivity contribution in [2.45, 2.75) is 40.2 Å². The van der Waals surface area contributed by atoms with Crippen LogP contribution in [0.2, 0.25) is 0 Å². The molecule has 4 rings (SSSR count). The van der Waals surface area contributed by atoms with Crippen molar-refractivity contribution in [3.05, 3.63) is 106 Å². The molecule has 1 atom stereocenters. The van der Waals surface area contributed by atoms with Crippen molar-refractivity contribution >= 4 is 23.6 Å². The summed E-state index contributed by atoms with van der Waals surface area (Å²) in [4.78, 5) is 36.1. The Morgan fingerprint density at radius 3 is 2.45 bits per heavy atom. The maximum Gasteiger partial charge on any atom is 0.335 e. The van der Waals surface area contributed by atoms with Crippen molar-refractivity contribution < 1.29 is 9.90 Å².